The molecule has 5 nitrogen and oxygen atoms in total. The van der Waals surface area contributed by atoms with Crippen LogP contribution < -0.4 is 5.32 Å². The lowest BCUT2D eigenvalue weighted by Gasteiger charge is -2.09. The maximum Gasteiger partial charge on any atom is 0.339 e. The molecule has 7 heteroatoms. The number of rotatable bonds is 8. The summed E-state index contributed by atoms with van der Waals surface area (Å²) in [7, 11) is 0. The fourth-order valence-electron chi connectivity index (χ4n) is 2.28. The second-order valence-electron chi connectivity index (χ2n) is 5.60. The average Bonchev–Trinajstić information content (AvgIpc) is 3.23. The van der Waals surface area contributed by atoms with Crippen molar-refractivity contribution in [3.8, 4) is 0 Å². The van der Waals surface area contributed by atoms with Gasteiger partial charge in [0, 0.05) is 22.6 Å². The van der Waals surface area contributed by atoms with E-state index in [1.54, 1.807) is 17.6 Å². The van der Waals surface area contributed by atoms with Crippen LogP contribution in [0, 0.1) is 0 Å². The van der Waals surface area contributed by atoms with Gasteiger partial charge in [0.2, 0.25) is 0 Å². The molecule has 0 aliphatic rings. The number of hydrogen-bond acceptors (Lipinski definition) is 6. The van der Waals surface area contributed by atoms with Gasteiger partial charge < -0.3 is 10.1 Å². The number of nitrogens with one attached hydrogen (secondary N) is 1. The number of amides is 1. The van der Waals surface area contributed by atoms with Gasteiger partial charge in [-0.1, -0.05) is 42.5 Å². The lowest BCUT2D eigenvalue weighted by Crippen LogP contribution is -2.28. The number of nitrogens with zero attached hydrogens (tertiary/aromatic N) is 1. The summed E-state index contributed by atoms with van der Waals surface area (Å²) in [5.74, 6) is -0.170. The van der Waals surface area contributed by atoms with Crippen molar-refractivity contribution in [2.75, 3.05) is 6.61 Å². The molecule has 1 amide bonds. The average molecular weight is 399 g/mol. The van der Waals surface area contributed by atoms with Gasteiger partial charge in [0.15, 0.2) is 6.61 Å². The molecule has 1 N–H and O–H groups in total. The fraction of sp³-hybridized carbons (Fsp3) is 0.150. The molecule has 3 rings (SSSR count). The third kappa shape index (κ3) is 5.94. The minimum atomic E-state index is -0.508. The van der Waals surface area contributed by atoms with Gasteiger partial charge in [-0.15, -0.1) is 23.1 Å². The molecule has 0 unspecified atom stereocenters. The Morgan fingerprint density at radius 2 is 1.85 bits per heavy atom. The maximum atomic E-state index is 12.4. The highest BCUT2D eigenvalue weighted by Crippen LogP contribution is 2.26. The van der Waals surface area contributed by atoms with E-state index in [0.717, 1.165) is 16.2 Å². The van der Waals surface area contributed by atoms with E-state index in [2.05, 4.69) is 10.3 Å². The number of thiazole rings is 1. The van der Waals surface area contributed by atoms with Crippen molar-refractivity contribution in [1.82, 2.24) is 10.3 Å². The normalized spacial score (nSPS) is 10.4. The molecule has 0 atom stereocenters. The molecule has 0 saturated carbocycles. The molecule has 0 bridgehead atoms. The summed E-state index contributed by atoms with van der Waals surface area (Å²) in [4.78, 5) is 29.3. The zero-order chi connectivity index (χ0) is 18.9. The van der Waals surface area contributed by atoms with Gasteiger partial charge in [-0.05, 0) is 17.7 Å². The molecule has 0 saturated heterocycles. The Bertz CT molecular complexity index is 883. The SMILES string of the molecule is O=C(COC(=O)c1ccccc1SCc1cscn1)NCc1ccccc1. The minimum absolute atomic E-state index is 0.309. The summed E-state index contributed by atoms with van der Waals surface area (Å²) in [5, 5.41) is 4.71. The van der Waals surface area contributed by atoms with Crippen LogP contribution in [0.15, 0.2) is 70.4 Å². The van der Waals surface area contributed by atoms with Crippen molar-refractivity contribution < 1.29 is 14.3 Å². The fourth-order valence-corrected chi connectivity index (χ4v) is 3.88. The molecule has 0 aliphatic carbocycles. The van der Waals surface area contributed by atoms with Crippen LogP contribution in [0.2, 0.25) is 0 Å². The van der Waals surface area contributed by atoms with Gasteiger partial charge in [-0.25, -0.2) is 9.78 Å². The van der Waals surface area contributed by atoms with Gasteiger partial charge in [-0.3, -0.25) is 4.79 Å². The Morgan fingerprint density at radius 1 is 1.07 bits per heavy atom. The number of aromatic nitrogens is 1. The van der Waals surface area contributed by atoms with Gasteiger partial charge in [0.05, 0.1) is 16.8 Å². The maximum absolute atomic E-state index is 12.4. The highest BCUT2D eigenvalue weighted by Gasteiger charge is 2.15. The Kier molecular flexibility index (Phi) is 7.01. The molecule has 1 aromatic heterocycles. The predicted octanol–water partition coefficient (Wildman–Crippen LogP) is 3.91. The number of ether oxygens (including phenoxy) is 1. The topological polar surface area (TPSA) is 68.3 Å². The van der Waals surface area contributed by atoms with E-state index in [-0.39, 0.29) is 12.5 Å². The van der Waals surface area contributed by atoms with E-state index >= 15 is 0 Å². The third-order valence-corrected chi connectivity index (χ3v) is 5.38. The lowest BCUT2D eigenvalue weighted by atomic mass is 10.2. The number of thioether (sulfide) groups is 1. The molecule has 2 aromatic carbocycles. The largest absolute Gasteiger partial charge is 0.452 e. The zero-order valence-electron chi connectivity index (χ0n) is 14.5. The molecule has 0 radical (unpaired) electrons. The summed E-state index contributed by atoms with van der Waals surface area (Å²) in [6.45, 7) is 0.0913. The van der Waals surface area contributed by atoms with Crippen LogP contribution >= 0.6 is 23.1 Å². The summed E-state index contributed by atoms with van der Waals surface area (Å²) < 4.78 is 5.18. The number of hydrogen-bond donors (Lipinski definition) is 1. The smallest absolute Gasteiger partial charge is 0.339 e. The molecular formula is C20H18N2O3S2. The molecule has 138 valence electrons. The highest BCUT2D eigenvalue weighted by molar-refractivity contribution is 7.98. The third-order valence-electron chi connectivity index (χ3n) is 3.63. The zero-order valence-corrected chi connectivity index (χ0v) is 16.1. The first-order valence-corrected chi connectivity index (χ1v) is 10.2. The number of carbonyl (C=O) groups excluding carboxylic acids is 2. The van der Waals surface area contributed by atoms with Crippen LogP contribution in [-0.4, -0.2) is 23.5 Å². The molecule has 27 heavy (non-hydrogen) atoms. The molecule has 0 fully saturated rings. The molecule has 0 spiro atoms. The summed E-state index contributed by atoms with van der Waals surface area (Å²) >= 11 is 3.06. The quantitative estimate of drug-likeness (QED) is 0.460. The van der Waals surface area contributed by atoms with Crippen molar-refractivity contribution in [3.63, 3.8) is 0 Å². The summed E-state index contributed by atoms with van der Waals surface area (Å²) in [6.07, 6.45) is 0. The van der Waals surface area contributed by atoms with Crippen LogP contribution in [0.3, 0.4) is 0 Å². The van der Waals surface area contributed by atoms with Crippen LogP contribution in [0.1, 0.15) is 21.6 Å². The van der Waals surface area contributed by atoms with Crippen LogP contribution in [0.25, 0.3) is 0 Å². The Labute approximate surface area is 165 Å². The van der Waals surface area contributed by atoms with Crippen LogP contribution in [-0.2, 0) is 21.8 Å². The lowest BCUT2D eigenvalue weighted by molar-refractivity contribution is -0.124. The van der Waals surface area contributed by atoms with E-state index in [4.69, 9.17) is 4.74 Å². The summed E-state index contributed by atoms with van der Waals surface area (Å²) in [5.41, 5.74) is 4.19. The molecule has 3 aromatic rings. The van der Waals surface area contributed by atoms with E-state index in [1.807, 2.05) is 47.8 Å². The van der Waals surface area contributed by atoms with Crippen molar-refractivity contribution in [2.24, 2.45) is 0 Å². The van der Waals surface area contributed by atoms with Gasteiger partial charge in [0.1, 0.15) is 0 Å². The van der Waals surface area contributed by atoms with Crippen molar-refractivity contribution in [3.05, 3.63) is 82.3 Å². The second kappa shape index (κ2) is 9.89. The second-order valence-corrected chi connectivity index (χ2v) is 7.34. The molecule has 1 heterocycles. The minimum Gasteiger partial charge on any atom is -0.452 e. The number of esters is 1. The predicted molar refractivity (Wildman–Crippen MR) is 107 cm³/mol. The van der Waals surface area contributed by atoms with Crippen LogP contribution in [0.5, 0.6) is 0 Å². The standard InChI is InChI=1S/C20H18N2O3S2/c23-19(21-10-15-6-2-1-3-7-15)11-25-20(24)17-8-4-5-9-18(17)27-13-16-12-26-14-22-16/h1-9,12,14H,10-11,13H2,(H,21,23). The summed E-state index contributed by atoms with van der Waals surface area (Å²) in [6, 6.07) is 16.8. The van der Waals surface area contributed by atoms with Crippen LogP contribution in [0.4, 0.5) is 0 Å². The number of carbonyl (C=O) groups is 2. The molecular weight excluding hydrogens is 380 g/mol. The highest BCUT2D eigenvalue weighted by atomic mass is 32.2. The van der Waals surface area contributed by atoms with Crippen molar-refractivity contribution in [2.45, 2.75) is 17.2 Å². The van der Waals surface area contributed by atoms with Crippen molar-refractivity contribution >= 4 is 35.0 Å². The van der Waals surface area contributed by atoms with E-state index in [9.17, 15) is 9.59 Å². The Balaban J connectivity index is 1.50. The first kappa shape index (κ1) is 19.1. The van der Waals surface area contributed by atoms with Gasteiger partial charge in [-0.2, -0.15) is 0 Å². The van der Waals surface area contributed by atoms with E-state index < -0.39 is 5.97 Å². The van der Waals surface area contributed by atoms with Gasteiger partial charge >= 0.3 is 5.97 Å². The first-order valence-electron chi connectivity index (χ1n) is 8.29. The first-order chi connectivity index (χ1) is 13.2. The van der Waals surface area contributed by atoms with E-state index in [0.29, 0.717) is 17.9 Å². The van der Waals surface area contributed by atoms with Gasteiger partial charge in [0.25, 0.3) is 5.91 Å². The number of benzene rings is 2. The monoisotopic (exact) mass is 398 g/mol. The Morgan fingerprint density at radius 3 is 2.63 bits per heavy atom. The molecule has 0 aliphatic heterocycles. The van der Waals surface area contributed by atoms with E-state index in [1.165, 1.54) is 23.1 Å². The van der Waals surface area contributed by atoms with Crippen molar-refractivity contribution in [1.29, 1.82) is 0 Å². The Hall–Kier alpha value is -2.64.